The molecule has 0 fully saturated rings. The van der Waals surface area contributed by atoms with E-state index in [1.54, 1.807) is 11.3 Å². The maximum Gasteiger partial charge on any atom is 0.163 e. The fraction of sp³-hybridized carbons (Fsp3) is 0.409. The summed E-state index contributed by atoms with van der Waals surface area (Å²) in [5, 5.41) is 13.8. The van der Waals surface area contributed by atoms with Gasteiger partial charge in [0.15, 0.2) is 5.82 Å². The van der Waals surface area contributed by atoms with Crippen LogP contribution in [0.15, 0.2) is 65.8 Å². The average Bonchev–Trinajstić information content (AvgIpc) is 3.86. The van der Waals surface area contributed by atoms with E-state index in [9.17, 15) is 9.59 Å². The number of ether oxygens (including phenoxy) is 4. The summed E-state index contributed by atoms with van der Waals surface area (Å²) in [5.41, 5.74) is 8.34. The first-order valence-electron chi connectivity index (χ1n) is 19.8. The summed E-state index contributed by atoms with van der Waals surface area (Å²) in [7, 11) is 0. The van der Waals surface area contributed by atoms with Crippen LogP contribution in [-0.4, -0.2) is 96.4 Å². The molecule has 7 rings (SSSR count). The Morgan fingerprint density at radius 3 is 2.20 bits per heavy atom. The number of nitrogens with one attached hydrogen (secondary N) is 1. The standard InChI is InChI=1S/C44H49ClN6O6S.H2S/c1-28-29(2)58-44-41(28)42(31-8-11-36(45)12-9-31)48-39(43-50-49-30(3)51(43)44)26-37(52)5-4-15-54-17-19-56-21-22-57-20-18-55-16-14-46-40-13-10-34(27-47-40)32-6-7-33-24-38(53)25-35(33)23-32;/h6-13,23,27,39H,4-5,14-22,24-26H2,1-3H3,(H,46,47);1H2/t39-;/m0./s1. The zero-order valence-electron chi connectivity index (χ0n) is 33.7. The van der Waals surface area contributed by atoms with E-state index in [-0.39, 0.29) is 31.5 Å². The number of thiophene rings is 1. The predicted molar refractivity (Wildman–Crippen MR) is 236 cm³/mol. The number of benzene rings is 2. The second kappa shape index (κ2) is 21.3. The molecule has 12 nitrogen and oxygen atoms in total. The molecule has 0 saturated carbocycles. The Morgan fingerprint density at radius 2 is 1.49 bits per heavy atom. The van der Waals surface area contributed by atoms with Crippen molar-refractivity contribution in [3.8, 4) is 16.1 Å². The summed E-state index contributed by atoms with van der Waals surface area (Å²) in [5.74, 6) is 2.61. The number of pyridine rings is 1. The third kappa shape index (κ3) is 11.3. The van der Waals surface area contributed by atoms with Crippen molar-refractivity contribution in [2.45, 2.75) is 58.9 Å². The van der Waals surface area contributed by atoms with Crippen LogP contribution in [-0.2, 0) is 41.4 Å². The molecule has 312 valence electrons. The van der Waals surface area contributed by atoms with Gasteiger partial charge in [0.1, 0.15) is 34.3 Å². The molecule has 0 saturated heterocycles. The van der Waals surface area contributed by atoms with Gasteiger partial charge in [0, 0.05) is 71.6 Å². The molecule has 1 aliphatic heterocycles. The van der Waals surface area contributed by atoms with Crippen LogP contribution in [0.2, 0.25) is 5.02 Å². The van der Waals surface area contributed by atoms with Crippen molar-refractivity contribution in [2.24, 2.45) is 4.99 Å². The third-order valence-corrected chi connectivity index (χ3v) is 11.7. The average molecular weight is 860 g/mol. The normalized spacial score (nSPS) is 14.3. The zero-order chi connectivity index (χ0) is 40.4. The van der Waals surface area contributed by atoms with Gasteiger partial charge in [0.25, 0.3) is 0 Å². The molecule has 1 aliphatic carbocycles. The smallest absolute Gasteiger partial charge is 0.163 e. The number of aryl methyl sites for hydroxylation is 2. The number of hydrogen-bond donors (Lipinski definition) is 1. The minimum atomic E-state index is -0.469. The number of aliphatic imine (C=N–C) groups is 1. The van der Waals surface area contributed by atoms with Gasteiger partial charge in [0.05, 0.1) is 52.0 Å². The van der Waals surface area contributed by atoms with Crippen molar-refractivity contribution < 1.29 is 28.5 Å². The summed E-state index contributed by atoms with van der Waals surface area (Å²) in [6.07, 6.45) is 4.13. The van der Waals surface area contributed by atoms with Crippen molar-refractivity contribution in [1.82, 2.24) is 19.7 Å². The van der Waals surface area contributed by atoms with Gasteiger partial charge in [-0.2, -0.15) is 13.5 Å². The van der Waals surface area contributed by atoms with Crippen molar-refractivity contribution in [1.29, 1.82) is 0 Å². The third-order valence-electron chi connectivity index (χ3n) is 10.3. The van der Waals surface area contributed by atoms with E-state index in [1.165, 1.54) is 4.88 Å². The topological polar surface area (TPSA) is 139 Å². The maximum absolute atomic E-state index is 13.3. The number of fused-ring (bicyclic) bond motifs is 4. The van der Waals surface area contributed by atoms with Crippen LogP contribution in [0.1, 0.15) is 69.6 Å². The van der Waals surface area contributed by atoms with Gasteiger partial charge in [-0.15, -0.1) is 21.5 Å². The van der Waals surface area contributed by atoms with E-state index in [2.05, 4.69) is 51.0 Å². The Kier molecular flexibility index (Phi) is 16.0. The highest BCUT2D eigenvalue weighted by Crippen LogP contribution is 2.40. The Bertz CT molecular complexity index is 2240. The molecule has 4 heterocycles. The molecule has 1 N–H and O–H groups in total. The second-order valence-electron chi connectivity index (χ2n) is 14.4. The number of nitrogens with zero attached hydrogens (tertiary/aromatic N) is 5. The molecule has 0 unspecified atom stereocenters. The summed E-state index contributed by atoms with van der Waals surface area (Å²) in [4.78, 5) is 35.9. The van der Waals surface area contributed by atoms with Gasteiger partial charge in [-0.25, -0.2) is 4.98 Å². The number of aromatic nitrogens is 4. The van der Waals surface area contributed by atoms with E-state index in [0.29, 0.717) is 95.9 Å². The first-order valence-corrected chi connectivity index (χ1v) is 21.0. The molecule has 59 heavy (non-hydrogen) atoms. The number of carbonyl (C=O) groups excluding carboxylic acids is 2. The second-order valence-corrected chi connectivity index (χ2v) is 16.1. The van der Waals surface area contributed by atoms with Gasteiger partial charge >= 0.3 is 0 Å². The Morgan fingerprint density at radius 1 is 0.831 bits per heavy atom. The lowest BCUT2D eigenvalue weighted by atomic mass is 9.99. The highest BCUT2D eigenvalue weighted by Gasteiger charge is 2.32. The summed E-state index contributed by atoms with van der Waals surface area (Å²) in [6.45, 7) is 10.6. The molecule has 2 aliphatic rings. The van der Waals surface area contributed by atoms with Crippen molar-refractivity contribution in [3.63, 3.8) is 0 Å². The van der Waals surface area contributed by atoms with E-state index >= 15 is 0 Å². The molecular weight excluding hydrogens is 808 g/mol. The first-order chi connectivity index (χ1) is 28.2. The molecule has 0 amide bonds. The van der Waals surface area contributed by atoms with Crippen LogP contribution < -0.4 is 5.32 Å². The minimum Gasteiger partial charge on any atom is -0.379 e. The van der Waals surface area contributed by atoms with Gasteiger partial charge in [0.2, 0.25) is 0 Å². The molecular formula is C44H51ClN6O6S2. The van der Waals surface area contributed by atoms with Crippen LogP contribution in [0.4, 0.5) is 5.82 Å². The van der Waals surface area contributed by atoms with Gasteiger partial charge in [-0.1, -0.05) is 41.9 Å². The largest absolute Gasteiger partial charge is 0.379 e. The molecule has 3 aromatic heterocycles. The zero-order valence-corrected chi connectivity index (χ0v) is 36.3. The maximum atomic E-state index is 13.3. The number of ketones is 2. The molecule has 0 spiro atoms. The van der Waals surface area contributed by atoms with Gasteiger partial charge in [-0.05, 0) is 73.7 Å². The Labute approximate surface area is 361 Å². The molecule has 2 aromatic carbocycles. The highest BCUT2D eigenvalue weighted by atomic mass is 35.5. The molecule has 5 aromatic rings. The monoisotopic (exact) mass is 858 g/mol. The predicted octanol–water partition coefficient (Wildman–Crippen LogP) is 7.56. The van der Waals surface area contributed by atoms with Crippen molar-refractivity contribution in [3.05, 3.63) is 110 Å². The van der Waals surface area contributed by atoms with Crippen LogP contribution in [0.5, 0.6) is 0 Å². The Balaban J connectivity index is 0.00000585. The van der Waals surface area contributed by atoms with Crippen LogP contribution in [0.25, 0.3) is 16.1 Å². The number of hydrogen-bond acceptors (Lipinski definition) is 12. The van der Waals surface area contributed by atoms with Crippen LogP contribution in [0.3, 0.4) is 0 Å². The number of halogens is 1. The minimum absolute atomic E-state index is 0. The lowest BCUT2D eigenvalue weighted by Crippen LogP contribution is -2.15. The van der Waals surface area contributed by atoms with Gasteiger partial charge in [-0.3, -0.25) is 19.1 Å². The summed E-state index contributed by atoms with van der Waals surface area (Å²) >= 11 is 7.92. The first kappa shape index (κ1) is 44.3. The number of anilines is 1. The lowest BCUT2D eigenvalue weighted by molar-refractivity contribution is -0.120. The molecule has 1 atom stereocenters. The molecule has 15 heteroatoms. The molecule has 0 radical (unpaired) electrons. The number of Topliss-reactive ketones (excluding diaryl/α,β-unsaturated/α-hetero) is 2. The number of carbonyl (C=O) groups is 2. The van der Waals surface area contributed by atoms with E-state index < -0.39 is 6.04 Å². The van der Waals surface area contributed by atoms with E-state index in [4.69, 9.17) is 35.5 Å². The van der Waals surface area contributed by atoms with E-state index in [1.807, 2.05) is 55.6 Å². The molecule has 0 bridgehead atoms. The fourth-order valence-corrected chi connectivity index (χ4v) is 8.47. The summed E-state index contributed by atoms with van der Waals surface area (Å²) in [6, 6.07) is 17.4. The van der Waals surface area contributed by atoms with Crippen LogP contribution >= 0.6 is 36.4 Å². The van der Waals surface area contributed by atoms with Crippen molar-refractivity contribution >= 4 is 59.5 Å². The summed E-state index contributed by atoms with van der Waals surface area (Å²) < 4.78 is 24.7. The van der Waals surface area contributed by atoms with Crippen LogP contribution in [0, 0.1) is 20.8 Å². The fourth-order valence-electron chi connectivity index (χ4n) is 7.13. The van der Waals surface area contributed by atoms with E-state index in [0.717, 1.165) is 61.3 Å². The van der Waals surface area contributed by atoms with Crippen molar-refractivity contribution in [2.75, 3.05) is 64.7 Å². The Hall–Kier alpha value is -4.28. The van der Waals surface area contributed by atoms with Gasteiger partial charge < -0.3 is 24.3 Å². The lowest BCUT2D eigenvalue weighted by Gasteiger charge is -2.12. The quantitative estimate of drug-likeness (QED) is 0.0736. The highest BCUT2D eigenvalue weighted by molar-refractivity contribution is 7.59. The SMILES string of the molecule is Cc1sc2c(c1C)C(c1ccc(Cl)cc1)=N[C@@H](CC(=O)CCCOCCOCCOCCOCCNc1ccc(-c3ccc4c(c3)CC(=O)C4)cn1)c1nnc(C)n1-2.S. The number of rotatable bonds is 21.